The van der Waals surface area contributed by atoms with E-state index in [-0.39, 0.29) is 0 Å². The van der Waals surface area contributed by atoms with Gasteiger partial charge in [0.25, 0.3) is 0 Å². The van der Waals surface area contributed by atoms with Gasteiger partial charge in [0, 0.05) is 46.0 Å². The van der Waals surface area contributed by atoms with Gasteiger partial charge in [0.2, 0.25) is 0 Å². The van der Waals surface area contributed by atoms with Gasteiger partial charge in [-0.2, -0.15) is 0 Å². The van der Waals surface area contributed by atoms with Crippen molar-refractivity contribution in [2.24, 2.45) is 0 Å². The molecule has 0 aliphatic heterocycles. The highest BCUT2D eigenvalue weighted by Crippen LogP contribution is 2.26. The van der Waals surface area contributed by atoms with Gasteiger partial charge in [-0.05, 0) is 49.7 Å². The van der Waals surface area contributed by atoms with Crippen LogP contribution in [0.1, 0.15) is 37.3 Å². The molecule has 6 heteroatoms. The number of nitrogens with one attached hydrogen (secondary N) is 1. The molecule has 0 aliphatic carbocycles. The Morgan fingerprint density at radius 1 is 0.889 bits per heavy atom. The van der Waals surface area contributed by atoms with Crippen LogP contribution in [0, 0.1) is 0 Å². The summed E-state index contributed by atoms with van der Waals surface area (Å²) < 4.78 is 11.5. The monoisotopic (exact) mass is 429 g/mol. The Morgan fingerprint density at radius 2 is 1.63 bits per heavy atom. The van der Waals surface area contributed by atoms with Crippen molar-refractivity contribution in [3.8, 4) is 5.75 Å². The number of rotatable bonds is 12. The predicted octanol–water partition coefficient (Wildman–Crippen LogP) is 6.52. The fourth-order valence-electron chi connectivity index (χ4n) is 2.49. The third-order valence-corrected chi connectivity index (χ3v) is 4.84. The van der Waals surface area contributed by atoms with E-state index in [1.165, 1.54) is 0 Å². The summed E-state index contributed by atoms with van der Waals surface area (Å²) in [5.74, 6) is 0.789. The summed E-state index contributed by atoms with van der Waals surface area (Å²) in [5.41, 5.74) is 1.90. The van der Waals surface area contributed by atoms with Gasteiger partial charge in [-0.15, -0.1) is 0 Å². The lowest BCUT2D eigenvalue weighted by Gasteiger charge is -2.14. The lowest BCUT2D eigenvalue weighted by Crippen LogP contribution is -2.17. The molecule has 0 radical (unpaired) electrons. The second kappa shape index (κ2) is 12.5. The van der Waals surface area contributed by atoms with E-state index in [1.54, 1.807) is 12.1 Å². The lowest BCUT2D eigenvalue weighted by molar-refractivity contribution is 0.128. The average molecular weight is 431 g/mol. The zero-order chi connectivity index (χ0) is 19.5. The van der Waals surface area contributed by atoms with Crippen LogP contribution in [0.25, 0.3) is 0 Å². The largest absolute Gasteiger partial charge is 0.489 e. The molecule has 0 saturated carbocycles. The SMILES string of the molecule is CCCCOCCCNCc1cc(Cl)ccc1OCc1ccc(Cl)cc1Cl. The topological polar surface area (TPSA) is 30.5 Å². The Balaban J connectivity index is 1.83. The fourth-order valence-corrected chi connectivity index (χ4v) is 3.15. The summed E-state index contributed by atoms with van der Waals surface area (Å²) in [6, 6.07) is 11.0. The van der Waals surface area contributed by atoms with Crippen molar-refractivity contribution >= 4 is 34.8 Å². The Morgan fingerprint density at radius 3 is 2.41 bits per heavy atom. The molecule has 2 aromatic rings. The number of hydrogen-bond acceptors (Lipinski definition) is 3. The van der Waals surface area contributed by atoms with E-state index in [4.69, 9.17) is 44.3 Å². The Labute approximate surface area is 176 Å². The Hall–Kier alpha value is -0.970. The second-order valence-electron chi connectivity index (χ2n) is 6.27. The molecule has 2 rings (SSSR count). The van der Waals surface area contributed by atoms with Gasteiger partial charge in [-0.25, -0.2) is 0 Å². The quantitative estimate of drug-likeness (QED) is 0.389. The summed E-state index contributed by atoms with van der Waals surface area (Å²) >= 11 is 18.3. The molecule has 0 saturated heterocycles. The van der Waals surface area contributed by atoms with Crippen LogP contribution in [0.3, 0.4) is 0 Å². The number of halogens is 3. The minimum absolute atomic E-state index is 0.371. The average Bonchev–Trinajstić information content (AvgIpc) is 2.64. The van der Waals surface area contributed by atoms with Crippen molar-refractivity contribution in [1.82, 2.24) is 5.32 Å². The fraction of sp³-hybridized carbons (Fsp3) is 0.429. The number of benzene rings is 2. The van der Waals surface area contributed by atoms with E-state index in [2.05, 4.69) is 12.2 Å². The van der Waals surface area contributed by atoms with Crippen molar-refractivity contribution in [1.29, 1.82) is 0 Å². The van der Waals surface area contributed by atoms with Crippen molar-refractivity contribution in [2.45, 2.75) is 39.3 Å². The zero-order valence-corrected chi connectivity index (χ0v) is 17.8. The molecule has 0 bridgehead atoms. The minimum Gasteiger partial charge on any atom is -0.489 e. The van der Waals surface area contributed by atoms with Crippen LogP contribution >= 0.6 is 34.8 Å². The summed E-state index contributed by atoms with van der Waals surface area (Å²) in [6.45, 7) is 5.71. The highest BCUT2D eigenvalue weighted by Gasteiger charge is 2.07. The van der Waals surface area contributed by atoms with Crippen LogP contribution in [0.5, 0.6) is 5.75 Å². The first-order chi connectivity index (χ1) is 13.1. The van der Waals surface area contributed by atoms with Crippen molar-refractivity contribution in [2.75, 3.05) is 19.8 Å². The van der Waals surface area contributed by atoms with Crippen molar-refractivity contribution in [3.63, 3.8) is 0 Å². The number of ether oxygens (including phenoxy) is 2. The molecular formula is C21H26Cl3NO2. The maximum absolute atomic E-state index is 6.21. The molecular weight excluding hydrogens is 405 g/mol. The number of hydrogen-bond donors (Lipinski definition) is 1. The molecule has 0 atom stereocenters. The van der Waals surface area contributed by atoms with E-state index in [1.807, 2.05) is 24.3 Å². The Kier molecular flexibility index (Phi) is 10.3. The van der Waals surface area contributed by atoms with Crippen molar-refractivity contribution < 1.29 is 9.47 Å². The summed E-state index contributed by atoms with van der Waals surface area (Å²) in [5, 5.41) is 5.31. The molecule has 0 aliphatic rings. The van der Waals surface area contributed by atoms with Gasteiger partial charge < -0.3 is 14.8 Å². The molecule has 148 valence electrons. The van der Waals surface area contributed by atoms with E-state index in [9.17, 15) is 0 Å². The smallest absolute Gasteiger partial charge is 0.124 e. The van der Waals surface area contributed by atoms with Crippen LogP contribution in [-0.4, -0.2) is 19.8 Å². The second-order valence-corrected chi connectivity index (χ2v) is 7.55. The van der Waals surface area contributed by atoms with Crippen LogP contribution in [-0.2, 0) is 17.9 Å². The maximum atomic E-state index is 6.21. The molecule has 3 nitrogen and oxygen atoms in total. The molecule has 0 spiro atoms. The third kappa shape index (κ3) is 8.28. The van der Waals surface area contributed by atoms with Gasteiger partial charge in [0.05, 0.1) is 0 Å². The lowest BCUT2D eigenvalue weighted by atomic mass is 10.2. The molecule has 2 aromatic carbocycles. The molecule has 0 aromatic heterocycles. The van der Waals surface area contributed by atoms with E-state index >= 15 is 0 Å². The maximum Gasteiger partial charge on any atom is 0.124 e. The van der Waals surface area contributed by atoms with E-state index < -0.39 is 0 Å². The van der Waals surface area contributed by atoms with Crippen molar-refractivity contribution in [3.05, 3.63) is 62.6 Å². The summed E-state index contributed by atoms with van der Waals surface area (Å²) in [6.07, 6.45) is 3.26. The third-order valence-electron chi connectivity index (χ3n) is 4.02. The highest BCUT2D eigenvalue weighted by atomic mass is 35.5. The minimum atomic E-state index is 0.371. The Bertz CT molecular complexity index is 710. The first kappa shape index (κ1) is 22.3. The molecule has 0 unspecified atom stereocenters. The van der Waals surface area contributed by atoms with Gasteiger partial charge in [0.1, 0.15) is 12.4 Å². The van der Waals surface area contributed by atoms with E-state index in [0.29, 0.717) is 28.2 Å². The van der Waals surface area contributed by atoms with Crippen LogP contribution < -0.4 is 10.1 Å². The standard InChI is InChI=1S/C21H26Cl3NO2/c1-2-3-10-26-11-4-9-25-14-17-12-18(22)7-8-21(17)27-15-16-5-6-19(23)13-20(16)24/h5-8,12-13,25H,2-4,9-11,14-15H2,1H3. The van der Waals surface area contributed by atoms with Gasteiger partial charge >= 0.3 is 0 Å². The summed E-state index contributed by atoms with van der Waals surface area (Å²) in [4.78, 5) is 0. The van der Waals surface area contributed by atoms with Crippen LogP contribution in [0.2, 0.25) is 15.1 Å². The molecule has 1 N–H and O–H groups in total. The van der Waals surface area contributed by atoms with Gasteiger partial charge in [-0.3, -0.25) is 0 Å². The normalized spacial score (nSPS) is 11.0. The molecule has 0 amide bonds. The van der Waals surface area contributed by atoms with E-state index in [0.717, 1.165) is 55.9 Å². The van der Waals surface area contributed by atoms with Gasteiger partial charge in [0.15, 0.2) is 0 Å². The molecule has 27 heavy (non-hydrogen) atoms. The highest BCUT2D eigenvalue weighted by molar-refractivity contribution is 6.35. The van der Waals surface area contributed by atoms with Crippen LogP contribution in [0.4, 0.5) is 0 Å². The summed E-state index contributed by atoms with van der Waals surface area (Å²) in [7, 11) is 0. The molecule has 0 fully saturated rings. The van der Waals surface area contributed by atoms with Crippen LogP contribution in [0.15, 0.2) is 36.4 Å². The molecule has 0 heterocycles. The first-order valence-electron chi connectivity index (χ1n) is 9.23. The zero-order valence-electron chi connectivity index (χ0n) is 15.6. The first-order valence-corrected chi connectivity index (χ1v) is 10.4. The van der Waals surface area contributed by atoms with Gasteiger partial charge in [-0.1, -0.05) is 54.2 Å². The predicted molar refractivity (Wildman–Crippen MR) is 114 cm³/mol. The number of unbranched alkanes of at least 4 members (excludes halogenated alkanes) is 1.